The quantitative estimate of drug-likeness (QED) is 0.550. The standard InChI is InChI=1S/C17H22N6O/c1-23(17(24)14-7-5-12(10-18)6-8-14)11-13-3-2-4-15(9-13)16-19-21-22-20-16/h2-9,16,19-22H,10-11,18H2,1H3. The Hall–Kier alpha value is -2.29. The lowest BCUT2D eigenvalue weighted by Crippen LogP contribution is -2.33. The van der Waals surface area contributed by atoms with Crippen LogP contribution in [0.1, 0.15) is 33.2 Å². The second kappa shape index (κ2) is 7.52. The Morgan fingerprint density at radius 2 is 1.79 bits per heavy atom. The molecule has 1 heterocycles. The van der Waals surface area contributed by atoms with Crippen LogP contribution in [0.15, 0.2) is 48.5 Å². The van der Waals surface area contributed by atoms with E-state index < -0.39 is 0 Å². The van der Waals surface area contributed by atoms with Crippen LogP contribution < -0.4 is 27.7 Å². The number of hydrogen-bond acceptors (Lipinski definition) is 6. The largest absolute Gasteiger partial charge is 0.337 e. The van der Waals surface area contributed by atoms with Gasteiger partial charge in [0, 0.05) is 25.7 Å². The fraction of sp³-hybridized carbons (Fsp3) is 0.235. The van der Waals surface area contributed by atoms with Gasteiger partial charge in [0.05, 0.1) is 0 Å². The summed E-state index contributed by atoms with van der Waals surface area (Å²) in [5.74, 6) is -0.00979. The molecule has 1 fully saturated rings. The minimum atomic E-state index is -0.0187. The van der Waals surface area contributed by atoms with E-state index in [1.807, 2.05) is 42.5 Å². The second-order valence-electron chi connectivity index (χ2n) is 5.78. The van der Waals surface area contributed by atoms with E-state index in [4.69, 9.17) is 5.73 Å². The van der Waals surface area contributed by atoms with Gasteiger partial charge < -0.3 is 10.6 Å². The van der Waals surface area contributed by atoms with Gasteiger partial charge in [0.2, 0.25) is 0 Å². The molecule has 24 heavy (non-hydrogen) atoms. The van der Waals surface area contributed by atoms with Crippen LogP contribution >= 0.6 is 0 Å². The van der Waals surface area contributed by atoms with E-state index in [0.29, 0.717) is 18.7 Å². The second-order valence-corrected chi connectivity index (χ2v) is 5.78. The number of nitrogens with two attached hydrogens (primary N) is 1. The molecule has 7 nitrogen and oxygen atoms in total. The average molecular weight is 326 g/mol. The van der Waals surface area contributed by atoms with Crippen LogP contribution in [-0.2, 0) is 13.1 Å². The zero-order valence-corrected chi connectivity index (χ0v) is 13.5. The summed E-state index contributed by atoms with van der Waals surface area (Å²) in [5, 5.41) is 0. The first-order chi connectivity index (χ1) is 11.7. The number of nitrogens with zero attached hydrogens (tertiary/aromatic N) is 1. The third-order valence-electron chi connectivity index (χ3n) is 3.98. The van der Waals surface area contributed by atoms with Crippen molar-refractivity contribution < 1.29 is 4.79 Å². The number of carbonyl (C=O) groups is 1. The first-order valence-corrected chi connectivity index (χ1v) is 7.82. The lowest BCUT2D eigenvalue weighted by molar-refractivity contribution is 0.0785. The van der Waals surface area contributed by atoms with Gasteiger partial charge in [-0.2, -0.15) is 11.1 Å². The van der Waals surface area contributed by atoms with Crippen molar-refractivity contribution in [1.82, 2.24) is 26.8 Å². The number of carbonyl (C=O) groups excluding carboxylic acids is 1. The van der Waals surface area contributed by atoms with E-state index in [9.17, 15) is 4.79 Å². The van der Waals surface area contributed by atoms with Gasteiger partial charge in [0.1, 0.15) is 6.17 Å². The molecule has 0 unspecified atom stereocenters. The van der Waals surface area contributed by atoms with Gasteiger partial charge in [-0.05, 0) is 28.8 Å². The number of nitrogens with one attached hydrogen (secondary N) is 4. The maximum absolute atomic E-state index is 12.5. The minimum Gasteiger partial charge on any atom is -0.337 e. The van der Waals surface area contributed by atoms with E-state index in [1.165, 1.54) is 0 Å². The van der Waals surface area contributed by atoms with Gasteiger partial charge >= 0.3 is 0 Å². The highest BCUT2D eigenvalue weighted by atomic mass is 16.2. The maximum atomic E-state index is 12.5. The van der Waals surface area contributed by atoms with Crippen molar-refractivity contribution in [2.45, 2.75) is 19.3 Å². The molecule has 0 atom stereocenters. The minimum absolute atomic E-state index is 0.00979. The average Bonchev–Trinajstić information content (AvgIpc) is 3.16. The van der Waals surface area contributed by atoms with Crippen LogP contribution in [0, 0.1) is 0 Å². The third-order valence-corrected chi connectivity index (χ3v) is 3.98. The van der Waals surface area contributed by atoms with Crippen molar-refractivity contribution in [3.8, 4) is 0 Å². The molecule has 1 saturated heterocycles. The summed E-state index contributed by atoms with van der Waals surface area (Å²) in [4.78, 5) is 14.3. The fourth-order valence-corrected chi connectivity index (χ4v) is 2.64. The molecular weight excluding hydrogens is 304 g/mol. The van der Waals surface area contributed by atoms with Crippen molar-refractivity contribution in [3.63, 3.8) is 0 Å². The molecule has 7 heteroatoms. The summed E-state index contributed by atoms with van der Waals surface area (Å²) in [5.41, 5.74) is 21.1. The molecule has 3 rings (SSSR count). The van der Waals surface area contributed by atoms with E-state index in [-0.39, 0.29) is 12.1 Å². The third kappa shape index (κ3) is 3.78. The molecule has 0 aliphatic carbocycles. The number of amides is 1. The summed E-state index contributed by atoms with van der Waals surface area (Å²) in [7, 11) is 1.81. The normalized spacial score (nSPS) is 14.8. The van der Waals surface area contributed by atoms with Crippen molar-refractivity contribution in [1.29, 1.82) is 0 Å². The maximum Gasteiger partial charge on any atom is 0.253 e. The van der Waals surface area contributed by atoms with Gasteiger partial charge in [0.25, 0.3) is 5.91 Å². The van der Waals surface area contributed by atoms with E-state index in [2.05, 4.69) is 28.0 Å². The number of rotatable bonds is 5. The Balaban J connectivity index is 1.68. The first kappa shape index (κ1) is 16.6. The molecule has 1 amide bonds. The smallest absolute Gasteiger partial charge is 0.253 e. The van der Waals surface area contributed by atoms with Gasteiger partial charge in [-0.3, -0.25) is 4.79 Å². The lowest BCUT2D eigenvalue weighted by atomic mass is 10.1. The lowest BCUT2D eigenvalue weighted by Gasteiger charge is -2.19. The molecule has 1 aliphatic heterocycles. The van der Waals surface area contributed by atoms with Crippen LogP contribution in [0.2, 0.25) is 0 Å². The zero-order valence-electron chi connectivity index (χ0n) is 13.5. The van der Waals surface area contributed by atoms with Crippen LogP contribution in [-0.4, -0.2) is 17.9 Å². The van der Waals surface area contributed by atoms with E-state index >= 15 is 0 Å². The summed E-state index contributed by atoms with van der Waals surface area (Å²) in [6.45, 7) is 1.02. The molecule has 1 aliphatic rings. The van der Waals surface area contributed by atoms with Crippen LogP contribution in [0.5, 0.6) is 0 Å². The van der Waals surface area contributed by atoms with E-state index in [1.54, 1.807) is 11.9 Å². The molecule has 0 saturated carbocycles. The molecule has 2 aromatic carbocycles. The summed E-state index contributed by atoms with van der Waals surface area (Å²) in [6.07, 6.45) is -0.0187. The Kier molecular flexibility index (Phi) is 5.19. The summed E-state index contributed by atoms with van der Waals surface area (Å²) < 4.78 is 0. The predicted molar refractivity (Wildman–Crippen MR) is 91.9 cm³/mol. The number of hydrazine groups is 3. The topological polar surface area (TPSA) is 94.5 Å². The predicted octanol–water partition coefficient (Wildman–Crippen LogP) is 0.533. The highest BCUT2D eigenvalue weighted by molar-refractivity contribution is 5.94. The van der Waals surface area contributed by atoms with Crippen LogP contribution in [0.3, 0.4) is 0 Å². The molecule has 2 aromatic rings. The van der Waals surface area contributed by atoms with Gasteiger partial charge in [-0.25, -0.2) is 10.9 Å². The number of hydrogen-bond donors (Lipinski definition) is 5. The van der Waals surface area contributed by atoms with Crippen LogP contribution in [0.25, 0.3) is 0 Å². The summed E-state index contributed by atoms with van der Waals surface area (Å²) in [6, 6.07) is 15.5. The monoisotopic (exact) mass is 326 g/mol. The molecule has 0 bridgehead atoms. The van der Waals surface area contributed by atoms with Crippen molar-refractivity contribution in [2.75, 3.05) is 7.05 Å². The van der Waals surface area contributed by atoms with Gasteiger partial charge in [0.15, 0.2) is 0 Å². The zero-order chi connectivity index (χ0) is 16.9. The number of benzene rings is 2. The molecule has 0 spiro atoms. The highest BCUT2D eigenvalue weighted by Gasteiger charge is 2.16. The molecule has 0 aromatic heterocycles. The van der Waals surface area contributed by atoms with Crippen molar-refractivity contribution >= 4 is 5.91 Å². The van der Waals surface area contributed by atoms with Gasteiger partial charge in [-0.15, -0.1) is 0 Å². The fourth-order valence-electron chi connectivity index (χ4n) is 2.64. The van der Waals surface area contributed by atoms with Gasteiger partial charge in [-0.1, -0.05) is 36.4 Å². The highest BCUT2D eigenvalue weighted by Crippen LogP contribution is 2.15. The molecule has 6 N–H and O–H groups in total. The molecule has 0 radical (unpaired) electrons. The van der Waals surface area contributed by atoms with E-state index in [0.717, 1.165) is 16.7 Å². The molecular formula is C17H22N6O. The SMILES string of the molecule is CN(Cc1cccc(C2NNNN2)c1)C(=O)c1ccc(CN)cc1. The Morgan fingerprint density at radius 3 is 2.46 bits per heavy atom. The Bertz CT molecular complexity index is 696. The van der Waals surface area contributed by atoms with Crippen molar-refractivity contribution in [2.24, 2.45) is 5.73 Å². The van der Waals surface area contributed by atoms with Crippen LogP contribution in [0.4, 0.5) is 0 Å². The first-order valence-electron chi connectivity index (χ1n) is 7.82. The molecule has 126 valence electrons. The Labute approximate surface area is 141 Å². The Morgan fingerprint density at radius 1 is 1.08 bits per heavy atom. The van der Waals surface area contributed by atoms with Crippen molar-refractivity contribution in [3.05, 3.63) is 70.8 Å². The summed E-state index contributed by atoms with van der Waals surface area (Å²) >= 11 is 0.